The predicted octanol–water partition coefficient (Wildman–Crippen LogP) is 4.62. The summed E-state index contributed by atoms with van der Waals surface area (Å²) in [5, 5.41) is 3.00. The van der Waals surface area contributed by atoms with Gasteiger partial charge in [0, 0.05) is 26.1 Å². The fourth-order valence-corrected chi connectivity index (χ4v) is 7.01. The average molecular weight is 675 g/mol. The molecule has 0 bridgehead atoms. The van der Waals surface area contributed by atoms with E-state index in [1.165, 1.54) is 9.80 Å². The van der Waals surface area contributed by atoms with Crippen molar-refractivity contribution in [2.24, 2.45) is 0 Å². The Balaban J connectivity index is 1.32. The fourth-order valence-electron chi connectivity index (χ4n) is 7.01. The van der Waals surface area contributed by atoms with E-state index in [1.54, 1.807) is 25.7 Å². The van der Waals surface area contributed by atoms with Gasteiger partial charge in [0.2, 0.25) is 17.7 Å². The largest absolute Gasteiger partial charge is 0.459 e. The SMILES string of the molecule is CC(C)(C)OC(=O)N1CCCC[C@@H]1C(=O)N1CCCC[C@H]1C(=O)N[C@H](Cc1ccccc1)C(=O)N1CCC[C@H]1C(=O)OCc1ccccc1. The van der Waals surface area contributed by atoms with E-state index in [1.807, 2.05) is 60.7 Å². The molecule has 0 saturated carbocycles. The number of likely N-dealkylation sites (tertiary alicyclic amines) is 3. The number of carbonyl (C=O) groups is 5. The summed E-state index contributed by atoms with van der Waals surface area (Å²) in [6, 6.07) is 15.6. The summed E-state index contributed by atoms with van der Waals surface area (Å²) in [5.41, 5.74) is 1.01. The highest BCUT2D eigenvalue weighted by atomic mass is 16.6. The molecule has 5 rings (SSSR count). The number of esters is 1. The third-order valence-corrected chi connectivity index (χ3v) is 9.43. The van der Waals surface area contributed by atoms with Gasteiger partial charge >= 0.3 is 12.1 Å². The summed E-state index contributed by atoms with van der Waals surface area (Å²) in [7, 11) is 0. The van der Waals surface area contributed by atoms with Crippen LogP contribution in [0.5, 0.6) is 0 Å². The summed E-state index contributed by atoms with van der Waals surface area (Å²) < 4.78 is 11.2. The lowest BCUT2D eigenvalue weighted by Crippen LogP contribution is -2.61. The van der Waals surface area contributed by atoms with Crippen LogP contribution in [0, 0.1) is 0 Å². The van der Waals surface area contributed by atoms with E-state index in [0.29, 0.717) is 45.3 Å². The van der Waals surface area contributed by atoms with Crippen molar-refractivity contribution in [2.45, 2.75) is 115 Å². The molecule has 11 heteroatoms. The molecule has 0 aromatic heterocycles. The van der Waals surface area contributed by atoms with Crippen LogP contribution < -0.4 is 5.32 Å². The molecule has 0 aliphatic carbocycles. The number of piperidine rings is 2. The third-order valence-electron chi connectivity index (χ3n) is 9.43. The zero-order valence-corrected chi connectivity index (χ0v) is 29.0. The van der Waals surface area contributed by atoms with Gasteiger partial charge in [0.25, 0.3) is 0 Å². The molecule has 2 aromatic carbocycles. The molecule has 11 nitrogen and oxygen atoms in total. The van der Waals surface area contributed by atoms with Gasteiger partial charge in [-0.05, 0) is 83.3 Å². The van der Waals surface area contributed by atoms with Crippen LogP contribution >= 0.6 is 0 Å². The number of carbonyl (C=O) groups excluding carboxylic acids is 5. The van der Waals surface area contributed by atoms with Gasteiger partial charge < -0.3 is 24.6 Å². The van der Waals surface area contributed by atoms with Gasteiger partial charge in [-0.15, -0.1) is 0 Å². The van der Waals surface area contributed by atoms with E-state index in [-0.39, 0.29) is 24.8 Å². The van der Waals surface area contributed by atoms with E-state index < -0.39 is 47.7 Å². The molecular formula is C38H50N4O7. The number of nitrogens with zero attached hydrogens (tertiary/aromatic N) is 3. The van der Waals surface area contributed by atoms with Crippen molar-refractivity contribution in [3.05, 3.63) is 71.8 Å². The van der Waals surface area contributed by atoms with E-state index in [9.17, 15) is 24.0 Å². The lowest BCUT2D eigenvalue weighted by atomic mass is 9.96. The van der Waals surface area contributed by atoms with Crippen LogP contribution in [0.1, 0.15) is 83.3 Å². The molecule has 1 N–H and O–H groups in total. The summed E-state index contributed by atoms with van der Waals surface area (Å²) in [5.74, 6) is -1.50. The average Bonchev–Trinajstić information content (AvgIpc) is 3.60. The number of amides is 4. The van der Waals surface area contributed by atoms with Crippen molar-refractivity contribution >= 4 is 29.8 Å². The van der Waals surface area contributed by atoms with Gasteiger partial charge in [-0.3, -0.25) is 19.3 Å². The van der Waals surface area contributed by atoms with E-state index in [2.05, 4.69) is 5.32 Å². The molecule has 0 unspecified atom stereocenters. The van der Waals surface area contributed by atoms with E-state index >= 15 is 0 Å². The zero-order chi connectivity index (χ0) is 35.0. The Kier molecular flexibility index (Phi) is 12.0. The number of nitrogens with one attached hydrogen (secondary N) is 1. The van der Waals surface area contributed by atoms with Gasteiger partial charge in [-0.1, -0.05) is 60.7 Å². The summed E-state index contributed by atoms with van der Waals surface area (Å²) in [4.78, 5) is 73.4. The lowest BCUT2D eigenvalue weighted by molar-refractivity contribution is -0.155. The summed E-state index contributed by atoms with van der Waals surface area (Å²) >= 11 is 0. The minimum atomic E-state index is -0.954. The second kappa shape index (κ2) is 16.3. The van der Waals surface area contributed by atoms with Crippen LogP contribution in [0.15, 0.2) is 60.7 Å². The number of benzene rings is 2. The monoisotopic (exact) mass is 674 g/mol. The Morgan fingerprint density at radius 1 is 0.714 bits per heavy atom. The molecule has 3 heterocycles. The number of hydrogen-bond donors (Lipinski definition) is 1. The van der Waals surface area contributed by atoms with Crippen molar-refractivity contribution < 1.29 is 33.4 Å². The Hall–Kier alpha value is -4.41. The molecule has 0 radical (unpaired) electrons. The highest BCUT2D eigenvalue weighted by molar-refractivity contribution is 5.95. The predicted molar refractivity (Wildman–Crippen MR) is 183 cm³/mol. The molecular weight excluding hydrogens is 624 g/mol. The minimum absolute atomic E-state index is 0.111. The molecule has 3 aliphatic heterocycles. The Bertz CT molecular complexity index is 1460. The van der Waals surface area contributed by atoms with Gasteiger partial charge in [-0.25, -0.2) is 9.59 Å². The second-order valence-electron chi connectivity index (χ2n) is 14.3. The van der Waals surface area contributed by atoms with Crippen molar-refractivity contribution in [1.29, 1.82) is 0 Å². The lowest BCUT2D eigenvalue weighted by Gasteiger charge is -2.42. The number of rotatable bonds is 9. The highest BCUT2D eigenvalue weighted by Crippen LogP contribution is 2.27. The molecule has 264 valence electrons. The first-order valence-electron chi connectivity index (χ1n) is 17.7. The Labute approximate surface area is 289 Å². The number of hydrogen-bond acceptors (Lipinski definition) is 7. The van der Waals surface area contributed by atoms with Crippen LogP contribution in [0.4, 0.5) is 4.79 Å². The third kappa shape index (κ3) is 9.39. The Morgan fingerprint density at radius 3 is 1.94 bits per heavy atom. The molecule has 3 fully saturated rings. The first kappa shape index (κ1) is 35.9. The van der Waals surface area contributed by atoms with Gasteiger partial charge in [-0.2, -0.15) is 0 Å². The van der Waals surface area contributed by atoms with E-state index in [0.717, 1.165) is 36.8 Å². The number of ether oxygens (including phenoxy) is 2. The van der Waals surface area contributed by atoms with Crippen LogP contribution in [-0.4, -0.2) is 93.9 Å². The van der Waals surface area contributed by atoms with E-state index in [4.69, 9.17) is 9.47 Å². The van der Waals surface area contributed by atoms with Gasteiger partial charge in [0.15, 0.2) is 0 Å². The summed E-state index contributed by atoms with van der Waals surface area (Å²) in [6.07, 6.45) is 4.81. The first-order valence-corrected chi connectivity index (χ1v) is 17.7. The Morgan fingerprint density at radius 2 is 1.29 bits per heavy atom. The maximum absolute atomic E-state index is 14.2. The van der Waals surface area contributed by atoms with Crippen molar-refractivity contribution in [3.8, 4) is 0 Å². The first-order chi connectivity index (χ1) is 23.5. The topological polar surface area (TPSA) is 126 Å². The molecule has 2 aromatic rings. The molecule has 3 aliphatic rings. The maximum Gasteiger partial charge on any atom is 0.410 e. The molecule has 4 atom stereocenters. The van der Waals surface area contributed by atoms with Crippen LogP contribution in [0.2, 0.25) is 0 Å². The smallest absolute Gasteiger partial charge is 0.410 e. The molecule has 0 spiro atoms. The van der Waals surface area contributed by atoms with Crippen LogP contribution in [-0.2, 0) is 41.7 Å². The molecule has 4 amide bonds. The van der Waals surface area contributed by atoms with Crippen molar-refractivity contribution in [1.82, 2.24) is 20.0 Å². The maximum atomic E-state index is 14.2. The van der Waals surface area contributed by atoms with Gasteiger partial charge in [0.1, 0.15) is 36.4 Å². The highest BCUT2D eigenvalue weighted by Gasteiger charge is 2.43. The normalized spacial score (nSPS) is 21.9. The molecule has 3 saturated heterocycles. The van der Waals surface area contributed by atoms with Gasteiger partial charge in [0.05, 0.1) is 0 Å². The standard InChI is InChI=1S/C38H50N4O7/c1-38(2,3)49-37(47)42-23-13-11-20-31(42)35(45)40-22-12-10-19-30(40)33(43)39-29(25-27-15-6-4-7-16-27)34(44)41-24-14-21-32(41)36(46)48-26-28-17-8-5-9-18-28/h4-9,15-18,29-32H,10-14,19-26H2,1-3H3,(H,39,43)/t29-,30+,31-,32+/m1/s1. The minimum Gasteiger partial charge on any atom is -0.459 e. The van der Waals surface area contributed by atoms with Crippen molar-refractivity contribution in [3.63, 3.8) is 0 Å². The fraction of sp³-hybridized carbons (Fsp3) is 0.553. The zero-order valence-electron chi connectivity index (χ0n) is 29.0. The summed E-state index contributed by atoms with van der Waals surface area (Å²) in [6.45, 7) is 6.66. The second-order valence-corrected chi connectivity index (χ2v) is 14.3. The molecule has 49 heavy (non-hydrogen) atoms. The van der Waals surface area contributed by atoms with Crippen LogP contribution in [0.3, 0.4) is 0 Å². The quantitative estimate of drug-likeness (QED) is 0.385. The van der Waals surface area contributed by atoms with Crippen LogP contribution in [0.25, 0.3) is 0 Å². The van der Waals surface area contributed by atoms with Crippen molar-refractivity contribution in [2.75, 3.05) is 19.6 Å².